The summed E-state index contributed by atoms with van der Waals surface area (Å²) in [6.07, 6.45) is 1.69. The fourth-order valence-electron chi connectivity index (χ4n) is 2.62. The van der Waals surface area contributed by atoms with Crippen LogP contribution in [0.3, 0.4) is 0 Å². The van der Waals surface area contributed by atoms with Crippen LogP contribution in [0.25, 0.3) is 0 Å². The average molecular weight is 381 g/mol. The summed E-state index contributed by atoms with van der Waals surface area (Å²) in [6.45, 7) is 2.88. The molecule has 2 aromatic rings. The van der Waals surface area contributed by atoms with Crippen molar-refractivity contribution in [1.82, 2.24) is 4.31 Å². The highest BCUT2D eigenvalue weighted by atomic mass is 32.2. The van der Waals surface area contributed by atoms with Crippen molar-refractivity contribution in [2.75, 3.05) is 13.1 Å². The van der Waals surface area contributed by atoms with Crippen LogP contribution in [0.5, 0.6) is 5.75 Å². The lowest BCUT2D eigenvalue weighted by atomic mass is 10.2. The summed E-state index contributed by atoms with van der Waals surface area (Å²) < 4.78 is 56.1. The first kappa shape index (κ1) is 17.9. The predicted molar refractivity (Wildman–Crippen MR) is 93.4 cm³/mol. The Kier molecular flexibility index (Phi) is 4.86. The molecule has 0 unspecified atom stereocenters. The van der Waals surface area contributed by atoms with Gasteiger partial charge in [0.25, 0.3) is 0 Å². The molecule has 25 heavy (non-hydrogen) atoms. The number of benzene rings is 2. The summed E-state index contributed by atoms with van der Waals surface area (Å²) in [5.41, 5.74) is 0.987. The smallest absolute Gasteiger partial charge is 0.339 e. The lowest BCUT2D eigenvalue weighted by molar-refractivity contribution is 0.476. The van der Waals surface area contributed by atoms with Crippen molar-refractivity contribution < 1.29 is 21.0 Å². The number of hydrogen-bond donors (Lipinski definition) is 0. The second-order valence-corrected chi connectivity index (χ2v) is 9.42. The lowest BCUT2D eigenvalue weighted by Crippen LogP contribution is -2.27. The van der Waals surface area contributed by atoms with Crippen molar-refractivity contribution in [3.63, 3.8) is 0 Å². The standard InChI is InChI=1S/C17H19NO5S2/c1-14-4-6-15(7-5-14)23-25(21,22)17-10-8-16(9-11-17)24(19,20)18-12-2-3-13-18/h4-11H,2-3,12-13H2,1H3. The Balaban J connectivity index is 1.82. The average Bonchev–Trinajstić information content (AvgIpc) is 3.12. The molecule has 0 aliphatic carbocycles. The minimum atomic E-state index is -4.02. The minimum absolute atomic E-state index is 0.0867. The molecule has 2 aromatic carbocycles. The molecule has 0 N–H and O–H groups in total. The topological polar surface area (TPSA) is 80.8 Å². The molecule has 1 aliphatic heterocycles. The summed E-state index contributed by atoms with van der Waals surface area (Å²) in [4.78, 5) is -0.00265. The van der Waals surface area contributed by atoms with Gasteiger partial charge in [0.1, 0.15) is 10.6 Å². The Hall–Kier alpha value is -1.90. The molecule has 0 amide bonds. The Morgan fingerprint density at radius 2 is 1.32 bits per heavy atom. The van der Waals surface area contributed by atoms with Gasteiger partial charge in [0.05, 0.1) is 4.90 Å². The third-order valence-electron chi connectivity index (χ3n) is 4.04. The van der Waals surface area contributed by atoms with E-state index >= 15 is 0 Å². The van der Waals surface area contributed by atoms with Gasteiger partial charge in [-0.1, -0.05) is 17.7 Å². The zero-order valence-electron chi connectivity index (χ0n) is 13.8. The molecule has 3 rings (SSSR count). The third-order valence-corrected chi connectivity index (χ3v) is 7.22. The maximum atomic E-state index is 12.5. The minimum Gasteiger partial charge on any atom is -0.379 e. The molecule has 0 radical (unpaired) electrons. The van der Waals surface area contributed by atoms with Crippen LogP contribution in [-0.4, -0.2) is 34.2 Å². The zero-order valence-corrected chi connectivity index (χ0v) is 15.4. The highest BCUT2D eigenvalue weighted by molar-refractivity contribution is 7.89. The van der Waals surface area contributed by atoms with Crippen molar-refractivity contribution in [3.05, 3.63) is 54.1 Å². The van der Waals surface area contributed by atoms with Gasteiger partial charge in [-0.2, -0.15) is 12.7 Å². The summed E-state index contributed by atoms with van der Waals surface area (Å²) in [7, 11) is -7.58. The van der Waals surface area contributed by atoms with Gasteiger partial charge in [0.2, 0.25) is 10.0 Å². The highest BCUT2D eigenvalue weighted by Crippen LogP contribution is 2.24. The van der Waals surface area contributed by atoms with Gasteiger partial charge in [-0.3, -0.25) is 0 Å². The van der Waals surface area contributed by atoms with Gasteiger partial charge in [0, 0.05) is 13.1 Å². The first-order valence-electron chi connectivity index (χ1n) is 7.90. The number of rotatable bonds is 5. The molecule has 1 heterocycles. The zero-order chi connectivity index (χ0) is 18.1. The van der Waals surface area contributed by atoms with Crippen LogP contribution >= 0.6 is 0 Å². The van der Waals surface area contributed by atoms with Gasteiger partial charge >= 0.3 is 10.1 Å². The fourth-order valence-corrected chi connectivity index (χ4v) is 5.07. The number of sulfonamides is 1. The maximum absolute atomic E-state index is 12.5. The van der Waals surface area contributed by atoms with Gasteiger partial charge in [-0.25, -0.2) is 8.42 Å². The SMILES string of the molecule is Cc1ccc(OS(=O)(=O)c2ccc(S(=O)(=O)N3CCCC3)cc2)cc1. The molecule has 134 valence electrons. The van der Waals surface area contributed by atoms with Crippen LogP contribution < -0.4 is 4.18 Å². The molecule has 0 aromatic heterocycles. The molecule has 1 aliphatic rings. The van der Waals surface area contributed by atoms with Crippen molar-refractivity contribution >= 4 is 20.1 Å². The van der Waals surface area contributed by atoms with E-state index in [0.29, 0.717) is 13.1 Å². The molecule has 0 atom stereocenters. The van der Waals surface area contributed by atoms with Crippen LogP contribution in [-0.2, 0) is 20.1 Å². The van der Waals surface area contributed by atoms with Crippen molar-refractivity contribution in [2.45, 2.75) is 29.6 Å². The predicted octanol–water partition coefficient (Wildman–Crippen LogP) is 2.55. The maximum Gasteiger partial charge on any atom is 0.339 e. The first-order chi connectivity index (χ1) is 11.8. The van der Waals surface area contributed by atoms with Gasteiger partial charge in [0.15, 0.2) is 0 Å². The van der Waals surface area contributed by atoms with E-state index in [1.165, 1.54) is 28.6 Å². The van der Waals surface area contributed by atoms with E-state index in [1.54, 1.807) is 24.3 Å². The normalized spacial score (nSPS) is 16.0. The molecule has 6 nitrogen and oxygen atoms in total. The van der Waals surface area contributed by atoms with Crippen LogP contribution in [0, 0.1) is 6.92 Å². The van der Waals surface area contributed by atoms with E-state index in [4.69, 9.17) is 4.18 Å². The van der Waals surface area contributed by atoms with Crippen molar-refractivity contribution in [1.29, 1.82) is 0 Å². The summed E-state index contributed by atoms with van der Waals surface area (Å²) in [5, 5.41) is 0. The number of aryl methyl sites for hydroxylation is 1. The molecule has 1 saturated heterocycles. The second-order valence-electron chi connectivity index (χ2n) is 5.93. The van der Waals surface area contributed by atoms with E-state index in [9.17, 15) is 16.8 Å². The summed E-state index contributed by atoms with van der Waals surface area (Å²) >= 11 is 0. The Morgan fingerprint density at radius 1 is 0.800 bits per heavy atom. The van der Waals surface area contributed by atoms with Crippen LogP contribution in [0.1, 0.15) is 18.4 Å². The first-order valence-corrected chi connectivity index (χ1v) is 10.8. The number of hydrogen-bond acceptors (Lipinski definition) is 5. The third kappa shape index (κ3) is 3.86. The summed E-state index contributed by atoms with van der Waals surface area (Å²) in [6, 6.07) is 11.8. The Labute approximate surface area is 148 Å². The van der Waals surface area contributed by atoms with Crippen LogP contribution in [0.4, 0.5) is 0 Å². The van der Waals surface area contributed by atoms with Crippen LogP contribution in [0.15, 0.2) is 58.3 Å². The monoisotopic (exact) mass is 381 g/mol. The Morgan fingerprint density at radius 3 is 1.88 bits per heavy atom. The molecule has 0 bridgehead atoms. The molecule has 8 heteroatoms. The number of nitrogens with zero attached hydrogens (tertiary/aromatic N) is 1. The van der Waals surface area contributed by atoms with E-state index < -0.39 is 20.1 Å². The Bertz CT molecular complexity index is 943. The van der Waals surface area contributed by atoms with Gasteiger partial charge in [-0.15, -0.1) is 0 Å². The lowest BCUT2D eigenvalue weighted by Gasteiger charge is -2.15. The molecule has 1 fully saturated rings. The molecular weight excluding hydrogens is 362 g/mol. The van der Waals surface area contributed by atoms with E-state index in [-0.39, 0.29) is 15.5 Å². The summed E-state index contributed by atoms with van der Waals surface area (Å²) in [5.74, 6) is 0.208. The molecule has 0 saturated carbocycles. The van der Waals surface area contributed by atoms with Gasteiger partial charge in [-0.05, 0) is 56.2 Å². The van der Waals surface area contributed by atoms with Crippen LogP contribution in [0.2, 0.25) is 0 Å². The second kappa shape index (κ2) is 6.78. The quantitative estimate of drug-likeness (QED) is 0.744. The van der Waals surface area contributed by atoms with Crippen molar-refractivity contribution in [3.8, 4) is 5.75 Å². The van der Waals surface area contributed by atoms with Crippen molar-refractivity contribution in [2.24, 2.45) is 0 Å². The molecular formula is C17H19NO5S2. The fraction of sp³-hybridized carbons (Fsp3) is 0.294. The van der Waals surface area contributed by atoms with E-state index in [0.717, 1.165) is 18.4 Å². The highest BCUT2D eigenvalue weighted by Gasteiger charge is 2.27. The molecule has 0 spiro atoms. The van der Waals surface area contributed by atoms with Gasteiger partial charge < -0.3 is 4.18 Å². The van der Waals surface area contributed by atoms with E-state index in [1.807, 2.05) is 6.92 Å². The van der Waals surface area contributed by atoms with E-state index in [2.05, 4.69) is 0 Å². The largest absolute Gasteiger partial charge is 0.379 e.